The van der Waals surface area contributed by atoms with Crippen LogP contribution in [0, 0.1) is 6.92 Å². The van der Waals surface area contributed by atoms with Crippen molar-refractivity contribution in [2.75, 3.05) is 11.9 Å². The van der Waals surface area contributed by atoms with Gasteiger partial charge in [-0.1, -0.05) is 24.3 Å². The standard InChI is InChI=1S/C14H17N3O2S/c1-10-8-16-14(20-10)17-13(19)15-7-6-11-2-4-12(9-18)5-3-11/h2-5,8,18H,6-7,9H2,1H3,(H2,15,16,17,19). The third-order valence-corrected chi connectivity index (χ3v) is 3.57. The quantitative estimate of drug-likeness (QED) is 0.791. The van der Waals surface area contributed by atoms with Crippen LogP contribution in [0.1, 0.15) is 16.0 Å². The highest BCUT2D eigenvalue weighted by Crippen LogP contribution is 2.15. The van der Waals surface area contributed by atoms with Gasteiger partial charge >= 0.3 is 6.03 Å². The summed E-state index contributed by atoms with van der Waals surface area (Å²) in [4.78, 5) is 16.7. The molecule has 106 valence electrons. The summed E-state index contributed by atoms with van der Waals surface area (Å²) < 4.78 is 0. The number of carbonyl (C=O) groups excluding carboxylic acids is 1. The normalized spacial score (nSPS) is 10.3. The Labute approximate surface area is 121 Å². The van der Waals surface area contributed by atoms with E-state index in [0.717, 1.165) is 22.4 Å². The van der Waals surface area contributed by atoms with Gasteiger partial charge in [-0.25, -0.2) is 9.78 Å². The summed E-state index contributed by atoms with van der Waals surface area (Å²) in [5, 5.41) is 15.0. The summed E-state index contributed by atoms with van der Waals surface area (Å²) in [7, 11) is 0. The second kappa shape index (κ2) is 7.02. The fourth-order valence-corrected chi connectivity index (χ4v) is 2.35. The van der Waals surface area contributed by atoms with Crippen LogP contribution in [0.2, 0.25) is 0 Å². The largest absolute Gasteiger partial charge is 0.392 e. The van der Waals surface area contributed by atoms with Gasteiger partial charge < -0.3 is 10.4 Å². The Morgan fingerprint density at radius 1 is 1.30 bits per heavy atom. The van der Waals surface area contributed by atoms with Crippen LogP contribution < -0.4 is 10.6 Å². The van der Waals surface area contributed by atoms with Gasteiger partial charge in [0.15, 0.2) is 5.13 Å². The summed E-state index contributed by atoms with van der Waals surface area (Å²) in [5.74, 6) is 0. The van der Waals surface area contributed by atoms with Gasteiger partial charge in [-0.15, -0.1) is 11.3 Å². The number of benzene rings is 1. The lowest BCUT2D eigenvalue weighted by molar-refractivity contribution is 0.252. The van der Waals surface area contributed by atoms with Gasteiger partial charge in [-0.3, -0.25) is 5.32 Å². The molecule has 3 N–H and O–H groups in total. The number of hydrogen-bond donors (Lipinski definition) is 3. The summed E-state index contributed by atoms with van der Waals surface area (Å²) >= 11 is 1.44. The molecule has 1 aromatic carbocycles. The molecule has 2 amide bonds. The van der Waals surface area contributed by atoms with Crippen molar-refractivity contribution in [1.82, 2.24) is 10.3 Å². The maximum Gasteiger partial charge on any atom is 0.321 e. The van der Waals surface area contributed by atoms with Crippen molar-refractivity contribution in [3.05, 3.63) is 46.5 Å². The molecule has 0 aliphatic carbocycles. The van der Waals surface area contributed by atoms with E-state index in [0.29, 0.717) is 11.7 Å². The van der Waals surface area contributed by atoms with Gasteiger partial charge in [0.05, 0.1) is 6.61 Å². The summed E-state index contributed by atoms with van der Waals surface area (Å²) in [6.07, 6.45) is 2.47. The van der Waals surface area contributed by atoms with E-state index >= 15 is 0 Å². The molecule has 0 unspecified atom stereocenters. The topological polar surface area (TPSA) is 74.2 Å². The van der Waals surface area contributed by atoms with Crippen molar-refractivity contribution in [2.45, 2.75) is 20.0 Å². The van der Waals surface area contributed by atoms with Crippen LogP contribution in [0.5, 0.6) is 0 Å². The van der Waals surface area contributed by atoms with Gasteiger partial charge in [0.25, 0.3) is 0 Å². The Morgan fingerprint density at radius 2 is 2.00 bits per heavy atom. The zero-order chi connectivity index (χ0) is 14.4. The van der Waals surface area contributed by atoms with E-state index < -0.39 is 0 Å². The number of nitrogens with zero attached hydrogens (tertiary/aromatic N) is 1. The molecule has 0 fully saturated rings. The van der Waals surface area contributed by atoms with Gasteiger partial charge in [-0.2, -0.15) is 0 Å². The second-order valence-corrected chi connectivity index (χ2v) is 5.62. The maximum atomic E-state index is 11.6. The molecular weight excluding hydrogens is 274 g/mol. The number of nitrogens with one attached hydrogen (secondary N) is 2. The number of amides is 2. The van der Waals surface area contributed by atoms with Crippen LogP contribution in [-0.4, -0.2) is 22.7 Å². The first-order chi connectivity index (χ1) is 9.67. The predicted octanol–water partition coefficient (Wildman–Crippen LogP) is 2.31. The molecule has 0 saturated carbocycles. The number of hydrogen-bond acceptors (Lipinski definition) is 4. The Hall–Kier alpha value is -1.92. The van der Waals surface area contributed by atoms with E-state index in [1.54, 1.807) is 6.20 Å². The molecule has 0 atom stereocenters. The van der Waals surface area contributed by atoms with Crippen molar-refractivity contribution in [1.29, 1.82) is 0 Å². The van der Waals surface area contributed by atoms with Gasteiger partial charge in [-0.05, 0) is 24.5 Å². The molecule has 0 radical (unpaired) electrons. The van der Waals surface area contributed by atoms with Crippen LogP contribution in [0.3, 0.4) is 0 Å². The van der Waals surface area contributed by atoms with Crippen molar-refractivity contribution in [3.8, 4) is 0 Å². The van der Waals surface area contributed by atoms with Crippen LogP contribution in [0.15, 0.2) is 30.5 Å². The molecule has 2 rings (SSSR count). The first kappa shape index (κ1) is 14.5. The lowest BCUT2D eigenvalue weighted by atomic mass is 10.1. The maximum absolute atomic E-state index is 11.6. The van der Waals surface area contributed by atoms with E-state index in [4.69, 9.17) is 5.11 Å². The molecule has 6 heteroatoms. The van der Waals surface area contributed by atoms with E-state index in [2.05, 4.69) is 15.6 Å². The summed E-state index contributed by atoms with van der Waals surface area (Å²) in [6, 6.07) is 7.43. The number of thiazole rings is 1. The van der Waals surface area contributed by atoms with Crippen LogP contribution in [0.25, 0.3) is 0 Å². The zero-order valence-corrected chi connectivity index (χ0v) is 12.0. The highest BCUT2D eigenvalue weighted by molar-refractivity contribution is 7.15. The number of aromatic nitrogens is 1. The summed E-state index contributed by atoms with van der Waals surface area (Å²) in [5.41, 5.74) is 2.01. The molecule has 0 spiro atoms. The predicted molar refractivity (Wildman–Crippen MR) is 79.9 cm³/mol. The van der Waals surface area contributed by atoms with Crippen LogP contribution in [0.4, 0.5) is 9.93 Å². The number of anilines is 1. The summed E-state index contributed by atoms with van der Waals surface area (Å²) in [6.45, 7) is 2.54. The lowest BCUT2D eigenvalue weighted by Gasteiger charge is -2.06. The lowest BCUT2D eigenvalue weighted by Crippen LogP contribution is -2.30. The number of aliphatic hydroxyl groups is 1. The Kier molecular flexibility index (Phi) is 5.09. The van der Waals surface area contributed by atoms with E-state index in [1.165, 1.54) is 11.3 Å². The average molecular weight is 291 g/mol. The minimum Gasteiger partial charge on any atom is -0.392 e. The number of carbonyl (C=O) groups is 1. The molecule has 20 heavy (non-hydrogen) atoms. The zero-order valence-electron chi connectivity index (χ0n) is 11.2. The van der Waals surface area contributed by atoms with Crippen molar-refractivity contribution >= 4 is 22.5 Å². The third kappa shape index (κ3) is 4.32. The smallest absolute Gasteiger partial charge is 0.321 e. The number of rotatable bonds is 5. The molecule has 0 saturated heterocycles. The highest BCUT2D eigenvalue weighted by Gasteiger charge is 2.04. The SMILES string of the molecule is Cc1cnc(NC(=O)NCCc2ccc(CO)cc2)s1. The highest BCUT2D eigenvalue weighted by atomic mass is 32.1. The van der Waals surface area contributed by atoms with Crippen molar-refractivity contribution in [3.63, 3.8) is 0 Å². The minimum atomic E-state index is -0.244. The first-order valence-corrected chi connectivity index (χ1v) is 7.15. The third-order valence-electron chi connectivity index (χ3n) is 2.75. The van der Waals surface area contributed by atoms with E-state index in [-0.39, 0.29) is 12.6 Å². The van der Waals surface area contributed by atoms with Gasteiger partial charge in [0, 0.05) is 17.6 Å². The molecule has 1 heterocycles. The molecule has 5 nitrogen and oxygen atoms in total. The molecular formula is C14H17N3O2S. The van der Waals surface area contributed by atoms with E-state index in [1.807, 2.05) is 31.2 Å². The molecule has 0 aliphatic rings. The average Bonchev–Trinajstić information content (AvgIpc) is 2.85. The Balaban J connectivity index is 1.73. The van der Waals surface area contributed by atoms with Crippen molar-refractivity contribution in [2.24, 2.45) is 0 Å². The molecule has 0 aliphatic heterocycles. The number of urea groups is 1. The Morgan fingerprint density at radius 3 is 2.60 bits per heavy atom. The minimum absolute atomic E-state index is 0.0498. The second-order valence-electron chi connectivity index (χ2n) is 4.38. The molecule has 0 bridgehead atoms. The van der Waals surface area contributed by atoms with Crippen molar-refractivity contribution < 1.29 is 9.90 Å². The molecule has 2 aromatic rings. The van der Waals surface area contributed by atoms with Gasteiger partial charge in [0.1, 0.15) is 0 Å². The Bertz CT molecular complexity index is 566. The fraction of sp³-hybridized carbons (Fsp3) is 0.286. The fourth-order valence-electron chi connectivity index (χ4n) is 1.69. The number of aryl methyl sites for hydroxylation is 1. The van der Waals surface area contributed by atoms with Crippen LogP contribution in [-0.2, 0) is 13.0 Å². The van der Waals surface area contributed by atoms with Gasteiger partial charge in [0.2, 0.25) is 0 Å². The first-order valence-electron chi connectivity index (χ1n) is 6.33. The van der Waals surface area contributed by atoms with Crippen LogP contribution >= 0.6 is 11.3 Å². The monoisotopic (exact) mass is 291 g/mol. The van der Waals surface area contributed by atoms with E-state index in [9.17, 15) is 4.79 Å². The number of aliphatic hydroxyl groups excluding tert-OH is 1. The molecule has 1 aromatic heterocycles.